The number of hydrogen-bond acceptors (Lipinski definition) is 2. The van der Waals surface area contributed by atoms with Gasteiger partial charge in [0, 0.05) is 16.2 Å². The molecule has 0 saturated carbocycles. The Kier molecular flexibility index (Phi) is 3.15. The van der Waals surface area contributed by atoms with Crippen molar-refractivity contribution in [3.8, 4) is 0 Å². The maximum atomic E-state index is 12.1. The third-order valence-corrected chi connectivity index (χ3v) is 2.82. The van der Waals surface area contributed by atoms with Crippen LogP contribution in [0.5, 0.6) is 0 Å². The Labute approximate surface area is 102 Å². The lowest BCUT2D eigenvalue weighted by molar-refractivity contribution is 0.103. The summed E-state index contributed by atoms with van der Waals surface area (Å²) >= 11 is 3.29. The standard InChI is InChI=1S/C13H10BrNO/c1-9-4-2-3-5-11(9)13(16)12-7-6-10(14)8-15-12/h2-8H,1H3. The van der Waals surface area contributed by atoms with Crippen molar-refractivity contribution < 1.29 is 4.79 Å². The van der Waals surface area contributed by atoms with Gasteiger partial charge in [0.2, 0.25) is 5.78 Å². The molecule has 0 aliphatic rings. The summed E-state index contributed by atoms with van der Waals surface area (Å²) in [4.78, 5) is 16.2. The fourth-order valence-electron chi connectivity index (χ4n) is 1.48. The molecule has 2 rings (SSSR count). The predicted octanol–water partition coefficient (Wildman–Crippen LogP) is 3.38. The number of ketones is 1. The van der Waals surface area contributed by atoms with Crippen LogP contribution < -0.4 is 0 Å². The van der Waals surface area contributed by atoms with Gasteiger partial charge in [0.1, 0.15) is 5.69 Å². The second kappa shape index (κ2) is 4.58. The van der Waals surface area contributed by atoms with Gasteiger partial charge in [0.05, 0.1) is 0 Å². The van der Waals surface area contributed by atoms with E-state index in [4.69, 9.17) is 0 Å². The highest BCUT2D eigenvalue weighted by Crippen LogP contribution is 2.14. The molecular weight excluding hydrogens is 266 g/mol. The van der Waals surface area contributed by atoms with Gasteiger partial charge in [-0.3, -0.25) is 9.78 Å². The molecule has 0 N–H and O–H groups in total. The van der Waals surface area contributed by atoms with E-state index in [1.165, 1.54) is 0 Å². The third-order valence-electron chi connectivity index (χ3n) is 2.35. The van der Waals surface area contributed by atoms with Crippen LogP contribution in [0.2, 0.25) is 0 Å². The number of carbonyl (C=O) groups is 1. The smallest absolute Gasteiger partial charge is 0.211 e. The Hall–Kier alpha value is -1.48. The van der Waals surface area contributed by atoms with Crippen LogP contribution in [-0.2, 0) is 0 Å². The first-order valence-electron chi connectivity index (χ1n) is 4.90. The molecule has 0 spiro atoms. The average molecular weight is 276 g/mol. The number of carbonyl (C=O) groups excluding carboxylic acids is 1. The maximum absolute atomic E-state index is 12.1. The summed E-state index contributed by atoms with van der Waals surface area (Å²) in [6, 6.07) is 11.1. The van der Waals surface area contributed by atoms with E-state index in [0.29, 0.717) is 11.3 Å². The maximum Gasteiger partial charge on any atom is 0.211 e. The minimum absolute atomic E-state index is 0.0365. The lowest BCUT2D eigenvalue weighted by Crippen LogP contribution is -2.05. The summed E-state index contributed by atoms with van der Waals surface area (Å²) in [5, 5.41) is 0. The SMILES string of the molecule is Cc1ccccc1C(=O)c1ccc(Br)cn1. The second-order valence-corrected chi connectivity index (χ2v) is 4.42. The van der Waals surface area contributed by atoms with Crippen molar-refractivity contribution in [1.29, 1.82) is 0 Å². The summed E-state index contributed by atoms with van der Waals surface area (Å²) in [5.74, 6) is -0.0365. The van der Waals surface area contributed by atoms with E-state index in [2.05, 4.69) is 20.9 Å². The molecule has 0 saturated heterocycles. The molecule has 2 nitrogen and oxygen atoms in total. The van der Waals surface area contributed by atoms with Crippen LogP contribution >= 0.6 is 15.9 Å². The van der Waals surface area contributed by atoms with E-state index < -0.39 is 0 Å². The molecule has 2 aromatic rings. The summed E-state index contributed by atoms with van der Waals surface area (Å²) in [7, 11) is 0. The van der Waals surface area contributed by atoms with Crippen LogP contribution in [0.3, 0.4) is 0 Å². The van der Waals surface area contributed by atoms with Gasteiger partial charge in [-0.15, -0.1) is 0 Å². The van der Waals surface area contributed by atoms with Crippen LogP contribution in [0, 0.1) is 6.92 Å². The average Bonchev–Trinajstić information content (AvgIpc) is 2.30. The molecule has 1 heterocycles. The van der Waals surface area contributed by atoms with E-state index in [-0.39, 0.29) is 5.78 Å². The molecule has 0 atom stereocenters. The second-order valence-electron chi connectivity index (χ2n) is 3.51. The quantitative estimate of drug-likeness (QED) is 0.787. The Morgan fingerprint density at radius 2 is 1.94 bits per heavy atom. The van der Waals surface area contributed by atoms with Crippen LogP contribution in [0.4, 0.5) is 0 Å². The van der Waals surface area contributed by atoms with Gasteiger partial charge in [-0.25, -0.2) is 0 Å². The number of aromatic nitrogens is 1. The molecule has 0 aliphatic carbocycles. The molecule has 0 bridgehead atoms. The summed E-state index contributed by atoms with van der Waals surface area (Å²) < 4.78 is 0.869. The molecule has 1 aromatic carbocycles. The highest BCUT2D eigenvalue weighted by molar-refractivity contribution is 9.10. The number of halogens is 1. The largest absolute Gasteiger partial charge is 0.287 e. The van der Waals surface area contributed by atoms with Gasteiger partial charge in [0.15, 0.2) is 0 Å². The van der Waals surface area contributed by atoms with Gasteiger partial charge in [-0.2, -0.15) is 0 Å². The van der Waals surface area contributed by atoms with Crippen molar-refractivity contribution >= 4 is 21.7 Å². The van der Waals surface area contributed by atoms with E-state index in [9.17, 15) is 4.79 Å². The molecule has 3 heteroatoms. The Bertz CT molecular complexity index is 520. The van der Waals surface area contributed by atoms with E-state index in [1.54, 1.807) is 12.3 Å². The van der Waals surface area contributed by atoms with Gasteiger partial charge in [-0.05, 0) is 40.5 Å². The van der Waals surface area contributed by atoms with Crippen LogP contribution in [0.15, 0.2) is 47.1 Å². The zero-order chi connectivity index (χ0) is 11.5. The molecule has 0 amide bonds. The fraction of sp³-hybridized carbons (Fsp3) is 0.0769. The number of nitrogens with zero attached hydrogens (tertiary/aromatic N) is 1. The number of benzene rings is 1. The van der Waals surface area contributed by atoms with E-state index in [0.717, 1.165) is 10.0 Å². The van der Waals surface area contributed by atoms with Gasteiger partial charge in [0.25, 0.3) is 0 Å². The lowest BCUT2D eigenvalue weighted by Gasteiger charge is -2.03. The number of hydrogen-bond donors (Lipinski definition) is 0. The van der Waals surface area contributed by atoms with Crippen LogP contribution in [-0.4, -0.2) is 10.8 Å². The Balaban J connectivity index is 2.40. The number of rotatable bonds is 2. The molecule has 16 heavy (non-hydrogen) atoms. The fourth-order valence-corrected chi connectivity index (χ4v) is 1.71. The summed E-state index contributed by atoms with van der Waals surface area (Å²) in [5.41, 5.74) is 2.15. The molecule has 0 radical (unpaired) electrons. The van der Waals surface area contributed by atoms with Crippen molar-refractivity contribution in [3.63, 3.8) is 0 Å². The Morgan fingerprint density at radius 1 is 1.19 bits per heavy atom. The molecule has 0 aliphatic heterocycles. The first-order chi connectivity index (χ1) is 7.68. The molecule has 0 unspecified atom stereocenters. The van der Waals surface area contributed by atoms with E-state index >= 15 is 0 Å². The molecule has 0 fully saturated rings. The first kappa shape index (κ1) is 11.0. The van der Waals surface area contributed by atoms with Gasteiger partial charge < -0.3 is 0 Å². The zero-order valence-corrected chi connectivity index (χ0v) is 10.4. The number of aryl methyl sites for hydroxylation is 1. The normalized spacial score (nSPS) is 10.1. The highest BCUT2D eigenvalue weighted by Gasteiger charge is 2.11. The summed E-state index contributed by atoms with van der Waals surface area (Å²) in [6.07, 6.45) is 1.63. The predicted molar refractivity (Wildman–Crippen MR) is 66.5 cm³/mol. The van der Waals surface area contributed by atoms with Crippen LogP contribution in [0.25, 0.3) is 0 Å². The number of pyridine rings is 1. The lowest BCUT2D eigenvalue weighted by atomic mass is 10.0. The van der Waals surface area contributed by atoms with Crippen molar-refractivity contribution in [2.45, 2.75) is 6.92 Å². The zero-order valence-electron chi connectivity index (χ0n) is 8.77. The molecular formula is C13H10BrNO. The van der Waals surface area contributed by atoms with Crippen molar-refractivity contribution in [3.05, 3.63) is 63.9 Å². The van der Waals surface area contributed by atoms with Crippen molar-refractivity contribution in [2.75, 3.05) is 0 Å². The van der Waals surface area contributed by atoms with E-state index in [1.807, 2.05) is 37.3 Å². The molecule has 1 aromatic heterocycles. The van der Waals surface area contributed by atoms with Gasteiger partial charge in [-0.1, -0.05) is 24.3 Å². The first-order valence-corrected chi connectivity index (χ1v) is 5.69. The monoisotopic (exact) mass is 275 g/mol. The third kappa shape index (κ3) is 2.19. The van der Waals surface area contributed by atoms with Crippen molar-refractivity contribution in [2.24, 2.45) is 0 Å². The minimum atomic E-state index is -0.0365. The summed E-state index contributed by atoms with van der Waals surface area (Å²) in [6.45, 7) is 1.92. The van der Waals surface area contributed by atoms with Crippen LogP contribution in [0.1, 0.15) is 21.6 Å². The highest BCUT2D eigenvalue weighted by atomic mass is 79.9. The van der Waals surface area contributed by atoms with Gasteiger partial charge >= 0.3 is 0 Å². The Morgan fingerprint density at radius 3 is 2.56 bits per heavy atom. The minimum Gasteiger partial charge on any atom is -0.287 e. The van der Waals surface area contributed by atoms with Crippen molar-refractivity contribution in [1.82, 2.24) is 4.98 Å². The molecule has 80 valence electrons. The topological polar surface area (TPSA) is 30.0 Å².